The fourth-order valence-electron chi connectivity index (χ4n) is 3.22. The molecule has 2 aromatic carbocycles. The monoisotopic (exact) mass is 446 g/mol. The van der Waals surface area contributed by atoms with E-state index >= 15 is 0 Å². The third-order valence-electron chi connectivity index (χ3n) is 4.72. The maximum atomic E-state index is 12.6. The van der Waals surface area contributed by atoms with Crippen LogP contribution in [0.1, 0.15) is 12.0 Å². The van der Waals surface area contributed by atoms with Crippen LogP contribution in [0.2, 0.25) is 0 Å². The maximum absolute atomic E-state index is 12.6. The maximum Gasteiger partial charge on any atom is 0.339 e. The van der Waals surface area contributed by atoms with Gasteiger partial charge >= 0.3 is 10.1 Å². The first-order valence-corrected chi connectivity index (χ1v) is 10.8. The molecule has 0 spiro atoms. The van der Waals surface area contributed by atoms with Crippen LogP contribution in [0.3, 0.4) is 0 Å². The highest BCUT2D eigenvalue weighted by Crippen LogP contribution is 2.36. The molecule has 27 heavy (non-hydrogen) atoms. The van der Waals surface area contributed by atoms with E-state index in [0.29, 0.717) is 4.47 Å². The van der Waals surface area contributed by atoms with E-state index in [1.54, 1.807) is 24.3 Å². The van der Waals surface area contributed by atoms with Crippen LogP contribution < -0.4 is 4.18 Å². The molecule has 0 fully saturated rings. The van der Waals surface area contributed by atoms with Crippen molar-refractivity contribution >= 4 is 42.5 Å². The summed E-state index contributed by atoms with van der Waals surface area (Å²) in [4.78, 5) is 5.66. The van der Waals surface area contributed by atoms with Crippen LogP contribution in [-0.4, -0.2) is 38.4 Å². The van der Waals surface area contributed by atoms with E-state index in [9.17, 15) is 8.42 Å². The summed E-state index contributed by atoms with van der Waals surface area (Å²) in [5.41, 5.74) is 3.28. The molecule has 0 aliphatic carbocycles. The van der Waals surface area contributed by atoms with E-state index in [1.807, 2.05) is 12.3 Å². The zero-order valence-electron chi connectivity index (χ0n) is 14.8. The number of nitrogens with one attached hydrogen (secondary N) is 1. The van der Waals surface area contributed by atoms with Gasteiger partial charge < -0.3 is 14.1 Å². The van der Waals surface area contributed by atoms with E-state index in [-0.39, 0.29) is 10.6 Å². The molecule has 0 saturated heterocycles. The number of likely N-dealkylation sites (N-methyl/N-ethyl adjacent to an activating group) is 1. The Kier molecular flexibility index (Phi) is 4.84. The lowest BCUT2D eigenvalue weighted by Gasteiger charge is -2.21. The lowest BCUT2D eigenvalue weighted by molar-refractivity contribution is 0.370. The summed E-state index contributed by atoms with van der Waals surface area (Å²) in [6, 6.07) is 11.8. The van der Waals surface area contributed by atoms with Crippen molar-refractivity contribution < 1.29 is 12.6 Å². The van der Waals surface area contributed by atoms with Crippen LogP contribution >= 0.6 is 15.9 Å². The van der Waals surface area contributed by atoms with E-state index in [4.69, 9.17) is 4.18 Å². The van der Waals surface area contributed by atoms with Crippen LogP contribution in [0.5, 0.6) is 5.75 Å². The minimum Gasteiger partial charge on any atom is -0.378 e. The normalized spacial score (nSPS) is 15.7. The summed E-state index contributed by atoms with van der Waals surface area (Å²) >= 11 is 3.43. The second kappa shape index (κ2) is 7.14. The third kappa shape index (κ3) is 3.67. The molecular formula is C20H19BrN2O3S. The van der Waals surface area contributed by atoms with Gasteiger partial charge in [-0.05, 0) is 59.2 Å². The Bertz CT molecular complexity index is 1120. The Morgan fingerprint density at radius 2 is 1.96 bits per heavy atom. The minimum absolute atomic E-state index is 0.129. The number of hydrogen-bond donors (Lipinski definition) is 1. The predicted molar refractivity (Wildman–Crippen MR) is 110 cm³/mol. The number of aromatic nitrogens is 1. The first-order chi connectivity index (χ1) is 12.9. The summed E-state index contributed by atoms with van der Waals surface area (Å²) in [5.74, 6) is 0.278. The SMILES string of the molecule is CN1CC=C(c2c[nH]c3cc(Br)c(OS(=O)(=O)c4ccccc4)cc23)CC1. The summed E-state index contributed by atoms with van der Waals surface area (Å²) in [7, 11) is -1.80. The van der Waals surface area contributed by atoms with Crippen molar-refractivity contribution in [2.24, 2.45) is 0 Å². The molecular weight excluding hydrogens is 428 g/mol. The van der Waals surface area contributed by atoms with Crippen molar-refractivity contribution in [2.45, 2.75) is 11.3 Å². The number of benzene rings is 2. The second-order valence-electron chi connectivity index (χ2n) is 6.62. The standard InChI is InChI=1S/C20H19BrN2O3S/c1-23-9-7-14(8-10-23)17-13-22-19-12-18(21)20(11-16(17)19)26-27(24,25)15-5-3-2-4-6-15/h2-7,11-13,22H,8-10H2,1H3. The average Bonchev–Trinajstić information content (AvgIpc) is 3.06. The zero-order chi connectivity index (χ0) is 19.0. The summed E-state index contributed by atoms with van der Waals surface area (Å²) in [6.45, 7) is 1.91. The molecule has 0 radical (unpaired) electrons. The van der Waals surface area contributed by atoms with Crippen molar-refractivity contribution in [3.05, 3.63) is 64.8 Å². The first-order valence-electron chi connectivity index (χ1n) is 8.62. The summed E-state index contributed by atoms with van der Waals surface area (Å²) in [6.07, 6.45) is 5.15. The number of hydrogen-bond acceptors (Lipinski definition) is 4. The Balaban J connectivity index is 1.74. The average molecular weight is 447 g/mol. The van der Waals surface area contributed by atoms with Gasteiger partial charge in [0.05, 0.1) is 4.47 Å². The Labute approximate surface area is 166 Å². The lowest BCUT2D eigenvalue weighted by Crippen LogP contribution is -2.23. The number of nitrogens with zero attached hydrogens (tertiary/aromatic N) is 1. The number of aromatic amines is 1. The van der Waals surface area contributed by atoms with Gasteiger partial charge in [-0.15, -0.1) is 0 Å². The molecule has 2 heterocycles. The fraction of sp³-hybridized carbons (Fsp3) is 0.200. The Morgan fingerprint density at radius 1 is 1.19 bits per heavy atom. The Morgan fingerprint density at radius 3 is 2.67 bits per heavy atom. The molecule has 0 atom stereocenters. The fourth-order valence-corrected chi connectivity index (χ4v) is 4.71. The molecule has 1 aliphatic rings. The molecule has 0 unspecified atom stereocenters. The number of fused-ring (bicyclic) bond motifs is 1. The van der Waals surface area contributed by atoms with Crippen molar-refractivity contribution in [3.8, 4) is 5.75 Å². The van der Waals surface area contributed by atoms with Gasteiger partial charge in [0.2, 0.25) is 0 Å². The number of rotatable bonds is 4. The quantitative estimate of drug-likeness (QED) is 0.602. The molecule has 0 amide bonds. The van der Waals surface area contributed by atoms with Gasteiger partial charge in [0.15, 0.2) is 5.75 Å². The van der Waals surface area contributed by atoms with Gasteiger partial charge in [0.25, 0.3) is 0 Å². The van der Waals surface area contributed by atoms with Crippen LogP contribution in [0.25, 0.3) is 16.5 Å². The largest absolute Gasteiger partial charge is 0.378 e. The minimum atomic E-state index is -3.89. The molecule has 5 nitrogen and oxygen atoms in total. The molecule has 7 heteroatoms. The van der Waals surface area contributed by atoms with Crippen LogP contribution in [0.4, 0.5) is 0 Å². The number of H-pyrrole nitrogens is 1. The van der Waals surface area contributed by atoms with Gasteiger partial charge in [-0.3, -0.25) is 0 Å². The molecule has 0 saturated carbocycles. The highest BCUT2D eigenvalue weighted by molar-refractivity contribution is 9.10. The smallest absolute Gasteiger partial charge is 0.339 e. The summed E-state index contributed by atoms with van der Waals surface area (Å²) in [5, 5.41) is 0.951. The van der Waals surface area contributed by atoms with Gasteiger partial charge in [-0.2, -0.15) is 8.42 Å². The predicted octanol–water partition coefficient (Wildman–Crippen LogP) is 4.42. The molecule has 140 valence electrons. The molecule has 1 aliphatic heterocycles. The topological polar surface area (TPSA) is 62.4 Å². The lowest BCUT2D eigenvalue weighted by atomic mass is 9.99. The molecule has 0 bridgehead atoms. The van der Waals surface area contributed by atoms with Gasteiger partial charge in [0, 0.05) is 35.8 Å². The van der Waals surface area contributed by atoms with Crippen molar-refractivity contribution in [2.75, 3.05) is 20.1 Å². The van der Waals surface area contributed by atoms with Crippen LogP contribution in [0.15, 0.2) is 64.1 Å². The van der Waals surface area contributed by atoms with Crippen molar-refractivity contribution in [1.82, 2.24) is 9.88 Å². The zero-order valence-corrected chi connectivity index (χ0v) is 17.2. The van der Waals surface area contributed by atoms with Crippen molar-refractivity contribution in [3.63, 3.8) is 0 Å². The molecule has 4 rings (SSSR count). The van der Waals surface area contributed by atoms with E-state index in [0.717, 1.165) is 36.0 Å². The van der Waals surface area contributed by atoms with Crippen LogP contribution in [-0.2, 0) is 10.1 Å². The van der Waals surface area contributed by atoms with E-state index < -0.39 is 10.1 Å². The van der Waals surface area contributed by atoms with Crippen molar-refractivity contribution in [1.29, 1.82) is 0 Å². The van der Waals surface area contributed by atoms with Crippen LogP contribution in [0, 0.1) is 0 Å². The van der Waals surface area contributed by atoms with E-state index in [2.05, 4.69) is 38.9 Å². The second-order valence-corrected chi connectivity index (χ2v) is 9.02. The summed E-state index contributed by atoms with van der Waals surface area (Å²) < 4.78 is 31.2. The van der Waals surface area contributed by atoms with E-state index in [1.165, 1.54) is 17.7 Å². The Hall–Kier alpha value is -2.09. The molecule has 3 aromatic rings. The molecule has 1 N–H and O–H groups in total. The van der Waals surface area contributed by atoms with Gasteiger partial charge in [-0.1, -0.05) is 24.3 Å². The van der Waals surface area contributed by atoms with Gasteiger partial charge in [-0.25, -0.2) is 0 Å². The highest BCUT2D eigenvalue weighted by Gasteiger charge is 2.20. The number of halogens is 1. The third-order valence-corrected chi connectivity index (χ3v) is 6.59. The molecule has 1 aromatic heterocycles. The highest BCUT2D eigenvalue weighted by atomic mass is 79.9. The first kappa shape index (κ1) is 18.3. The van der Waals surface area contributed by atoms with Gasteiger partial charge in [0.1, 0.15) is 4.90 Å².